The van der Waals surface area contributed by atoms with Gasteiger partial charge in [0.2, 0.25) is 15.9 Å². The minimum absolute atomic E-state index is 0.0176. The van der Waals surface area contributed by atoms with E-state index in [2.05, 4.69) is 5.32 Å². The molecule has 3 aliphatic carbocycles. The third-order valence-electron chi connectivity index (χ3n) is 10.2. The van der Waals surface area contributed by atoms with Gasteiger partial charge in [-0.05, 0) is 75.8 Å². The highest BCUT2D eigenvalue weighted by Crippen LogP contribution is 2.71. The van der Waals surface area contributed by atoms with Gasteiger partial charge in [-0.2, -0.15) is 4.31 Å². The number of piperidine rings is 1. The van der Waals surface area contributed by atoms with E-state index in [0.717, 1.165) is 0 Å². The van der Waals surface area contributed by atoms with Crippen LogP contribution >= 0.6 is 11.6 Å². The number of nitrogens with one attached hydrogen (secondary N) is 1. The zero-order valence-electron chi connectivity index (χ0n) is 24.0. The highest BCUT2D eigenvalue weighted by molar-refractivity contribution is 7.89. The Morgan fingerprint density at radius 2 is 1.70 bits per heavy atom. The van der Waals surface area contributed by atoms with Crippen molar-refractivity contribution < 1.29 is 26.4 Å². The van der Waals surface area contributed by atoms with E-state index in [1.165, 1.54) is 16.4 Å². The van der Waals surface area contributed by atoms with Crippen molar-refractivity contribution in [2.24, 2.45) is 10.4 Å². The molecule has 0 spiro atoms. The van der Waals surface area contributed by atoms with E-state index < -0.39 is 56.4 Å². The molecule has 3 aliphatic heterocycles. The van der Waals surface area contributed by atoms with Crippen molar-refractivity contribution in [3.63, 3.8) is 0 Å². The summed E-state index contributed by atoms with van der Waals surface area (Å²) < 4.78 is 72.2. The molecule has 6 aliphatic rings. The van der Waals surface area contributed by atoms with Crippen LogP contribution < -0.4 is 5.32 Å². The standard InChI is InChI=1S/C31H34ClF3N4O3S/c1-28(2)25(26(40)39-20-9-10-21(39)14-31(34,35)13-20)36-27(37-28)29-16-30(17-29,18-29)38(15-19-8-11-23(32)24(33)12-19)43(41,42)22-6-4-3-5-7-22/h3-8,11-12,20-21,25H,9-10,13-18H2,1-2H3,(H,36,37)/t20?,21?,25-,29?,30?/m0/s1. The number of aliphatic imine (C=N–C) groups is 1. The Hall–Kier alpha value is -2.63. The molecule has 3 saturated carbocycles. The number of amides is 1. The minimum Gasteiger partial charge on any atom is -0.366 e. The first-order valence-electron chi connectivity index (χ1n) is 14.7. The smallest absolute Gasteiger partial charge is 0.252 e. The summed E-state index contributed by atoms with van der Waals surface area (Å²) in [6, 6.07) is 10.8. The maximum atomic E-state index is 14.3. The zero-order valence-corrected chi connectivity index (χ0v) is 25.6. The monoisotopic (exact) mass is 634 g/mol. The molecule has 2 aromatic carbocycles. The maximum Gasteiger partial charge on any atom is 0.252 e. The molecule has 2 saturated heterocycles. The van der Waals surface area contributed by atoms with Crippen LogP contribution in [0.25, 0.3) is 0 Å². The number of sulfonamides is 1. The lowest BCUT2D eigenvalue weighted by Gasteiger charge is -2.73. The van der Waals surface area contributed by atoms with Gasteiger partial charge in [-0.3, -0.25) is 9.79 Å². The number of rotatable bonds is 7. The first-order chi connectivity index (χ1) is 20.1. The summed E-state index contributed by atoms with van der Waals surface area (Å²) in [7, 11) is -3.93. The molecule has 12 heteroatoms. The summed E-state index contributed by atoms with van der Waals surface area (Å²) in [5, 5.41) is 3.43. The van der Waals surface area contributed by atoms with Gasteiger partial charge in [-0.25, -0.2) is 21.6 Å². The predicted molar refractivity (Wildman–Crippen MR) is 156 cm³/mol. The molecule has 2 unspecified atom stereocenters. The van der Waals surface area contributed by atoms with Gasteiger partial charge in [0, 0.05) is 42.4 Å². The van der Waals surface area contributed by atoms with Gasteiger partial charge in [0.05, 0.1) is 15.5 Å². The molecule has 8 rings (SSSR count). The molecular formula is C31H34ClF3N4O3S. The van der Waals surface area contributed by atoms with E-state index >= 15 is 0 Å². The SMILES string of the molecule is CC1(C)NC(C23CC(N(Cc4ccc(Cl)c(F)c4)S(=O)(=O)c4ccccc4)(C2)C3)=N[C@H]1C(=O)N1C2CCC1CC(F)(F)C2. The van der Waals surface area contributed by atoms with Gasteiger partial charge < -0.3 is 10.2 Å². The fourth-order valence-electron chi connectivity index (χ4n) is 8.25. The number of carbonyl (C=O) groups excluding carboxylic acids is 1. The van der Waals surface area contributed by atoms with Crippen LogP contribution in [0.1, 0.15) is 64.4 Å². The lowest BCUT2D eigenvalue weighted by molar-refractivity contribution is -0.151. The topological polar surface area (TPSA) is 82.1 Å². The normalized spacial score (nSPS) is 33.4. The molecule has 7 nitrogen and oxygen atoms in total. The van der Waals surface area contributed by atoms with Crippen molar-refractivity contribution in [2.75, 3.05) is 0 Å². The molecule has 1 amide bonds. The number of hydrogen-bond donors (Lipinski definition) is 1. The number of nitrogens with zero attached hydrogens (tertiary/aromatic N) is 3. The summed E-state index contributed by atoms with van der Waals surface area (Å²) in [6.45, 7) is 3.78. The number of halogens is 4. The number of alkyl halides is 2. The van der Waals surface area contributed by atoms with Crippen LogP contribution in [-0.2, 0) is 21.4 Å². The van der Waals surface area contributed by atoms with Crippen LogP contribution in [0.5, 0.6) is 0 Å². The number of carbonyl (C=O) groups is 1. The number of hydrogen-bond acceptors (Lipinski definition) is 5. The largest absolute Gasteiger partial charge is 0.366 e. The van der Waals surface area contributed by atoms with Crippen molar-refractivity contribution in [3.8, 4) is 0 Å². The molecule has 4 bridgehead atoms. The molecule has 5 fully saturated rings. The van der Waals surface area contributed by atoms with Gasteiger partial charge >= 0.3 is 0 Å². The van der Waals surface area contributed by atoms with Gasteiger partial charge in [0.15, 0.2) is 6.04 Å². The number of benzene rings is 2. The molecule has 2 aromatic rings. The van der Waals surface area contributed by atoms with Crippen molar-refractivity contribution in [1.82, 2.24) is 14.5 Å². The number of amidine groups is 1. The molecule has 3 heterocycles. The second kappa shape index (κ2) is 9.44. The highest BCUT2D eigenvalue weighted by atomic mass is 35.5. The fourth-order valence-corrected chi connectivity index (χ4v) is 10.1. The summed E-state index contributed by atoms with van der Waals surface area (Å²) in [4.78, 5) is 20.5. The Morgan fingerprint density at radius 1 is 1.07 bits per heavy atom. The zero-order chi connectivity index (χ0) is 30.6. The highest BCUT2D eigenvalue weighted by Gasteiger charge is 2.75. The average Bonchev–Trinajstić information content (AvgIpc) is 3.36. The van der Waals surface area contributed by atoms with Crippen LogP contribution in [0.4, 0.5) is 13.2 Å². The van der Waals surface area contributed by atoms with Crippen molar-refractivity contribution in [1.29, 1.82) is 0 Å². The van der Waals surface area contributed by atoms with Crippen molar-refractivity contribution >= 4 is 33.4 Å². The van der Waals surface area contributed by atoms with Crippen LogP contribution in [0, 0.1) is 11.2 Å². The lowest BCUT2D eigenvalue weighted by Crippen LogP contribution is -2.78. The quantitative estimate of drug-likeness (QED) is 0.434. The van der Waals surface area contributed by atoms with Crippen LogP contribution in [0.15, 0.2) is 58.4 Å². The maximum absolute atomic E-state index is 14.3. The Kier molecular flexibility index (Phi) is 6.39. The number of fused-ring (bicyclic) bond motifs is 2. The average molecular weight is 635 g/mol. The third-order valence-corrected chi connectivity index (χ3v) is 12.5. The van der Waals surface area contributed by atoms with Crippen molar-refractivity contribution in [3.05, 3.63) is 64.9 Å². The Labute approximate surface area is 254 Å². The predicted octanol–water partition coefficient (Wildman–Crippen LogP) is 5.53. The van der Waals surface area contributed by atoms with Gasteiger partial charge in [0.25, 0.3) is 5.92 Å². The molecule has 3 atom stereocenters. The Bertz CT molecular complexity index is 1600. The second-order valence-corrected chi connectivity index (χ2v) is 16.0. The molecular weight excluding hydrogens is 601 g/mol. The summed E-state index contributed by atoms with van der Waals surface area (Å²) >= 11 is 5.88. The fraction of sp³-hybridized carbons (Fsp3) is 0.548. The van der Waals surface area contributed by atoms with Gasteiger partial charge in [0.1, 0.15) is 11.7 Å². The molecule has 0 radical (unpaired) electrons. The third kappa shape index (κ3) is 4.51. The molecule has 230 valence electrons. The first kappa shape index (κ1) is 29.1. The minimum atomic E-state index is -3.93. The van der Waals surface area contributed by atoms with Crippen LogP contribution in [0.2, 0.25) is 5.02 Å². The van der Waals surface area contributed by atoms with Crippen LogP contribution in [0.3, 0.4) is 0 Å². The molecule has 0 aromatic heterocycles. The van der Waals surface area contributed by atoms with Crippen molar-refractivity contribution in [2.45, 2.75) is 105 Å². The van der Waals surface area contributed by atoms with E-state index in [1.54, 1.807) is 41.3 Å². The Morgan fingerprint density at radius 3 is 2.30 bits per heavy atom. The van der Waals surface area contributed by atoms with E-state index in [4.69, 9.17) is 16.6 Å². The van der Waals surface area contributed by atoms with Gasteiger partial charge in [-0.15, -0.1) is 0 Å². The molecule has 43 heavy (non-hydrogen) atoms. The summed E-state index contributed by atoms with van der Waals surface area (Å²) in [5.74, 6) is -2.89. The van der Waals surface area contributed by atoms with Crippen LogP contribution in [-0.4, -0.2) is 64.5 Å². The van der Waals surface area contributed by atoms with E-state index in [1.807, 2.05) is 13.8 Å². The van der Waals surface area contributed by atoms with E-state index in [-0.39, 0.29) is 35.2 Å². The second-order valence-electron chi connectivity index (χ2n) is 13.7. The summed E-state index contributed by atoms with van der Waals surface area (Å²) in [5.41, 5.74) is -1.32. The lowest BCUT2D eigenvalue weighted by atomic mass is 9.38. The van der Waals surface area contributed by atoms with Gasteiger partial charge in [-0.1, -0.05) is 35.9 Å². The van der Waals surface area contributed by atoms with E-state index in [9.17, 15) is 26.4 Å². The summed E-state index contributed by atoms with van der Waals surface area (Å²) in [6.07, 6.45) is 2.08. The Balaban J connectivity index is 1.14. The molecule has 1 N–H and O–H groups in total. The first-order valence-corrected chi connectivity index (χ1v) is 16.6. The van der Waals surface area contributed by atoms with E-state index in [0.29, 0.717) is 43.5 Å².